The lowest BCUT2D eigenvalue weighted by Crippen LogP contribution is -2.36. The molecule has 60 valence electrons. The molecule has 0 spiro atoms. The average Bonchev–Trinajstić information content (AvgIpc) is 1.96. The molecular formula is C9H18O. The monoisotopic (exact) mass is 142 g/mol. The van der Waals surface area contributed by atoms with Gasteiger partial charge in [-0.3, -0.25) is 0 Å². The lowest BCUT2D eigenvalue weighted by molar-refractivity contribution is -0.0121. The lowest BCUT2D eigenvalue weighted by atomic mass is 9.71. The SMILES string of the molecule is CCC(CC)C1CCC1O. The van der Waals surface area contributed by atoms with Gasteiger partial charge in [0.15, 0.2) is 0 Å². The molecule has 10 heavy (non-hydrogen) atoms. The zero-order valence-corrected chi connectivity index (χ0v) is 7.01. The second kappa shape index (κ2) is 3.38. The zero-order valence-electron chi connectivity index (χ0n) is 7.01. The molecule has 1 rings (SSSR count). The van der Waals surface area contributed by atoms with E-state index in [1.807, 2.05) is 0 Å². The van der Waals surface area contributed by atoms with Crippen molar-refractivity contribution in [1.29, 1.82) is 0 Å². The minimum Gasteiger partial charge on any atom is -0.393 e. The van der Waals surface area contributed by atoms with Crippen molar-refractivity contribution < 1.29 is 5.11 Å². The van der Waals surface area contributed by atoms with Gasteiger partial charge in [0, 0.05) is 0 Å². The number of rotatable bonds is 3. The molecular weight excluding hydrogens is 124 g/mol. The fraction of sp³-hybridized carbons (Fsp3) is 1.00. The van der Waals surface area contributed by atoms with Gasteiger partial charge in [0.05, 0.1) is 6.10 Å². The molecule has 2 atom stereocenters. The van der Waals surface area contributed by atoms with E-state index < -0.39 is 0 Å². The first-order chi connectivity index (χ1) is 4.79. The fourth-order valence-electron chi connectivity index (χ4n) is 1.95. The number of hydrogen-bond acceptors (Lipinski definition) is 1. The summed E-state index contributed by atoms with van der Waals surface area (Å²) in [6, 6.07) is 0. The fourth-order valence-corrected chi connectivity index (χ4v) is 1.95. The number of aliphatic hydroxyl groups is 1. The summed E-state index contributed by atoms with van der Waals surface area (Å²) in [5.41, 5.74) is 0. The highest BCUT2D eigenvalue weighted by Gasteiger charge is 2.33. The molecule has 0 saturated heterocycles. The maximum absolute atomic E-state index is 9.34. The Balaban J connectivity index is 2.31. The summed E-state index contributed by atoms with van der Waals surface area (Å²) in [4.78, 5) is 0. The molecule has 1 N–H and O–H groups in total. The molecule has 2 unspecified atom stereocenters. The first-order valence-corrected chi connectivity index (χ1v) is 4.47. The van der Waals surface area contributed by atoms with E-state index >= 15 is 0 Å². The van der Waals surface area contributed by atoms with Crippen molar-refractivity contribution in [3.63, 3.8) is 0 Å². The Morgan fingerprint density at radius 3 is 2.00 bits per heavy atom. The van der Waals surface area contributed by atoms with Gasteiger partial charge >= 0.3 is 0 Å². The zero-order chi connectivity index (χ0) is 7.56. The quantitative estimate of drug-likeness (QED) is 0.640. The summed E-state index contributed by atoms with van der Waals surface area (Å²) < 4.78 is 0. The van der Waals surface area contributed by atoms with Crippen molar-refractivity contribution in [3.05, 3.63) is 0 Å². The van der Waals surface area contributed by atoms with Crippen LogP contribution in [0.3, 0.4) is 0 Å². The second-order valence-corrected chi connectivity index (χ2v) is 3.39. The summed E-state index contributed by atoms with van der Waals surface area (Å²) in [7, 11) is 0. The van der Waals surface area contributed by atoms with Gasteiger partial charge in [-0.2, -0.15) is 0 Å². The summed E-state index contributed by atoms with van der Waals surface area (Å²) in [6.45, 7) is 4.44. The topological polar surface area (TPSA) is 20.2 Å². The largest absolute Gasteiger partial charge is 0.393 e. The molecule has 0 aromatic heterocycles. The Morgan fingerprint density at radius 2 is 1.90 bits per heavy atom. The molecule has 1 nitrogen and oxygen atoms in total. The molecule has 0 amide bonds. The van der Waals surface area contributed by atoms with E-state index in [-0.39, 0.29) is 6.10 Å². The van der Waals surface area contributed by atoms with Crippen LogP contribution in [-0.2, 0) is 0 Å². The lowest BCUT2D eigenvalue weighted by Gasteiger charge is -2.38. The molecule has 0 aromatic carbocycles. The Hall–Kier alpha value is -0.0400. The summed E-state index contributed by atoms with van der Waals surface area (Å²) in [6.07, 6.45) is 4.80. The first kappa shape index (κ1) is 8.06. The van der Waals surface area contributed by atoms with E-state index in [4.69, 9.17) is 0 Å². The van der Waals surface area contributed by atoms with Crippen molar-refractivity contribution in [1.82, 2.24) is 0 Å². The van der Waals surface area contributed by atoms with Crippen molar-refractivity contribution >= 4 is 0 Å². The van der Waals surface area contributed by atoms with Crippen LogP contribution in [-0.4, -0.2) is 11.2 Å². The van der Waals surface area contributed by atoms with Gasteiger partial charge in [-0.05, 0) is 24.7 Å². The van der Waals surface area contributed by atoms with Crippen LogP contribution in [0.4, 0.5) is 0 Å². The third-order valence-corrected chi connectivity index (χ3v) is 2.94. The Bertz CT molecular complexity index is 94.1. The van der Waals surface area contributed by atoms with Crippen LogP contribution in [0.15, 0.2) is 0 Å². The molecule has 0 aliphatic heterocycles. The van der Waals surface area contributed by atoms with Gasteiger partial charge in [0.25, 0.3) is 0 Å². The molecule has 0 heterocycles. The van der Waals surface area contributed by atoms with Crippen LogP contribution in [0.5, 0.6) is 0 Å². The van der Waals surface area contributed by atoms with Crippen LogP contribution in [0, 0.1) is 11.8 Å². The number of hydrogen-bond donors (Lipinski definition) is 1. The Morgan fingerprint density at radius 1 is 1.30 bits per heavy atom. The van der Waals surface area contributed by atoms with Gasteiger partial charge in [-0.15, -0.1) is 0 Å². The van der Waals surface area contributed by atoms with Crippen LogP contribution in [0.1, 0.15) is 39.5 Å². The Labute approximate surface area is 63.4 Å². The van der Waals surface area contributed by atoms with E-state index in [2.05, 4.69) is 13.8 Å². The normalized spacial score (nSPS) is 32.4. The first-order valence-electron chi connectivity index (χ1n) is 4.47. The summed E-state index contributed by atoms with van der Waals surface area (Å²) in [5.74, 6) is 1.42. The minimum atomic E-state index is 0.0323. The third-order valence-electron chi connectivity index (χ3n) is 2.94. The van der Waals surface area contributed by atoms with Crippen molar-refractivity contribution in [2.45, 2.75) is 45.6 Å². The second-order valence-electron chi connectivity index (χ2n) is 3.39. The highest BCUT2D eigenvalue weighted by Crippen LogP contribution is 2.36. The number of aliphatic hydroxyl groups excluding tert-OH is 1. The average molecular weight is 142 g/mol. The highest BCUT2D eigenvalue weighted by molar-refractivity contribution is 4.84. The van der Waals surface area contributed by atoms with E-state index in [1.54, 1.807) is 0 Å². The molecule has 0 aromatic rings. The molecule has 0 bridgehead atoms. The van der Waals surface area contributed by atoms with Crippen LogP contribution in [0.2, 0.25) is 0 Å². The van der Waals surface area contributed by atoms with Gasteiger partial charge in [-0.1, -0.05) is 26.7 Å². The molecule has 0 radical (unpaired) electrons. The van der Waals surface area contributed by atoms with Crippen molar-refractivity contribution in [2.75, 3.05) is 0 Å². The van der Waals surface area contributed by atoms with Crippen LogP contribution < -0.4 is 0 Å². The van der Waals surface area contributed by atoms with Crippen LogP contribution in [0.25, 0.3) is 0 Å². The van der Waals surface area contributed by atoms with Gasteiger partial charge < -0.3 is 5.11 Å². The Kier molecular flexibility index (Phi) is 2.72. The van der Waals surface area contributed by atoms with E-state index in [0.29, 0.717) is 5.92 Å². The molecule has 1 aliphatic rings. The molecule has 1 heteroatoms. The predicted octanol–water partition coefficient (Wildman–Crippen LogP) is 2.19. The van der Waals surface area contributed by atoms with Crippen LogP contribution >= 0.6 is 0 Å². The summed E-state index contributed by atoms with van der Waals surface area (Å²) >= 11 is 0. The third kappa shape index (κ3) is 1.34. The van der Waals surface area contributed by atoms with E-state index in [9.17, 15) is 5.11 Å². The van der Waals surface area contributed by atoms with Gasteiger partial charge in [0.2, 0.25) is 0 Å². The molecule has 1 fully saturated rings. The van der Waals surface area contributed by atoms with Gasteiger partial charge in [-0.25, -0.2) is 0 Å². The van der Waals surface area contributed by atoms with E-state index in [0.717, 1.165) is 12.3 Å². The maximum atomic E-state index is 9.34. The highest BCUT2D eigenvalue weighted by atomic mass is 16.3. The predicted molar refractivity (Wildman–Crippen MR) is 42.8 cm³/mol. The van der Waals surface area contributed by atoms with Gasteiger partial charge in [0.1, 0.15) is 0 Å². The van der Waals surface area contributed by atoms with E-state index in [1.165, 1.54) is 19.3 Å². The minimum absolute atomic E-state index is 0.0323. The molecule has 1 saturated carbocycles. The maximum Gasteiger partial charge on any atom is 0.0571 e. The van der Waals surface area contributed by atoms with Crippen molar-refractivity contribution in [2.24, 2.45) is 11.8 Å². The molecule has 1 aliphatic carbocycles. The van der Waals surface area contributed by atoms with Crippen molar-refractivity contribution in [3.8, 4) is 0 Å². The smallest absolute Gasteiger partial charge is 0.0571 e. The summed E-state index contributed by atoms with van der Waals surface area (Å²) in [5, 5.41) is 9.34. The standard InChI is InChI=1S/C9H18O/c1-3-7(4-2)8-5-6-9(8)10/h7-10H,3-6H2,1-2H3.